The molecule has 1 aliphatic rings. The summed E-state index contributed by atoms with van der Waals surface area (Å²) in [6, 6.07) is 9.09. The SMILES string of the molecule is C[C@H](N)c1nc(-c2ccccc2)nn1CC(=O)N1CCS(=O)(=O)CC1. The van der Waals surface area contributed by atoms with Gasteiger partial charge in [-0.25, -0.2) is 18.1 Å². The predicted molar refractivity (Wildman–Crippen MR) is 93.3 cm³/mol. The van der Waals surface area contributed by atoms with Gasteiger partial charge in [0.15, 0.2) is 15.7 Å². The minimum absolute atomic E-state index is 0.00322. The quantitative estimate of drug-likeness (QED) is 0.832. The van der Waals surface area contributed by atoms with Crippen molar-refractivity contribution >= 4 is 15.7 Å². The standard InChI is InChI=1S/C16H21N5O3S/c1-12(17)16-18-15(13-5-3-2-4-6-13)19-21(16)11-14(22)20-7-9-25(23,24)10-8-20/h2-6,12H,7-11,17H2,1H3/t12-/m0/s1. The van der Waals surface area contributed by atoms with Crippen molar-refractivity contribution < 1.29 is 13.2 Å². The summed E-state index contributed by atoms with van der Waals surface area (Å²) in [7, 11) is -3.02. The second-order valence-corrected chi connectivity index (χ2v) is 8.44. The highest BCUT2D eigenvalue weighted by molar-refractivity contribution is 7.91. The molecule has 1 fully saturated rings. The molecule has 0 spiro atoms. The molecule has 0 aliphatic carbocycles. The van der Waals surface area contributed by atoms with Gasteiger partial charge in [-0.3, -0.25) is 4.79 Å². The van der Waals surface area contributed by atoms with Gasteiger partial charge in [-0.1, -0.05) is 30.3 Å². The van der Waals surface area contributed by atoms with Gasteiger partial charge in [0.1, 0.15) is 12.4 Å². The molecule has 0 unspecified atom stereocenters. The molecule has 0 bridgehead atoms. The van der Waals surface area contributed by atoms with E-state index in [1.54, 1.807) is 11.8 Å². The normalized spacial score (nSPS) is 18.1. The zero-order valence-corrected chi connectivity index (χ0v) is 14.8. The molecule has 9 heteroatoms. The van der Waals surface area contributed by atoms with Gasteiger partial charge in [0, 0.05) is 18.7 Å². The van der Waals surface area contributed by atoms with Crippen molar-refractivity contribution in [3.05, 3.63) is 36.2 Å². The van der Waals surface area contributed by atoms with E-state index in [4.69, 9.17) is 5.73 Å². The van der Waals surface area contributed by atoms with Gasteiger partial charge < -0.3 is 10.6 Å². The fourth-order valence-corrected chi connectivity index (χ4v) is 3.91. The van der Waals surface area contributed by atoms with E-state index in [2.05, 4.69) is 10.1 Å². The molecular formula is C16H21N5O3S. The molecule has 1 atom stereocenters. The average molecular weight is 363 g/mol. The second kappa shape index (κ2) is 6.93. The van der Waals surface area contributed by atoms with Crippen LogP contribution in [0.3, 0.4) is 0 Å². The average Bonchev–Trinajstić information content (AvgIpc) is 2.99. The first-order valence-corrected chi connectivity index (χ1v) is 9.92. The number of hydrogen-bond acceptors (Lipinski definition) is 6. The molecule has 134 valence electrons. The van der Waals surface area contributed by atoms with Crippen LogP contribution in [-0.4, -0.2) is 58.6 Å². The lowest BCUT2D eigenvalue weighted by Gasteiger charge is -2.26. The molecule has 2 heterocycles. The molecule has 2 N–H and O–H groups in total. The second-order valence-electron chi connectivity index (χ2n) is 6.14. The minimum Gasteiger partial charge on any atom is -0.339 e. The molecule has 1 amide bonds. The molecule has 25 heavy (non-hydrogen) atoms. The van der Waals surface area contributed by atoms with E-state index < -0.39 is 9.84 Å². The van der Waals surface area contributed by atoms with Crippen molar-refractivity contribution in [3.63, 3.8) is 0 Å². The number of nitrogens with two attached hydrogens (primary N) is 1. The van der Waals surface area contributed by atoms with E-state index in [1.807, 2.05) is 30.3 Å². The highest BCUT2D eigenvalue weighted by Gasteiger charge is 2.26. The summed E-state index contributed by atoms with van der Waals surface area (Å²) in [5.41, 5.74) is 6.82. The third-order valence-corrected chi connectivity index (χ3v) is 5.73. The zero-order valence-electron chi connectivity index (χ0n) is 14.0. The van der Waals surface area contributed by atoms with Crippen molar-refractivity contribution in [2.75, 3.05) is 24.6 Å². The number of carbonyl (C=O) groups excluding carboxylic acids is 1. The summed E-state index contributed by atoms with van der Waals surface area (Å²) < 4.78 is 24.5. The maximum Gasteiger partial charge on any atom is 0.244 e. The lowest BCUT2D eigenvalue weighted by molar-refractivity contribution is -0.131. The monoisotopic (exact) mass is 363 g/mol. The number of amides is 1. The first-order chi connectivity index (χ1) is 11.9. The Bertz CT molecular complexity index is 847. The molecule has 1 aromatic carbocycles. The van der Waals surface area contributed by atoms with Crippen molar-refractivity contribution in [2.45, 2.75) is 19.5 Å². The highest BCUT2D eigenvalue weighted by atomic mass is 32.2. The Kier molecular flexibility index (Phi) is 4.87. The fraction of sp³-hybridized carbons (Fsp3) is 0.438. The molecular weight excluding hydrogens is 342 g/mol. The van der Waals surface area contributed by atoms with Crippen LogP contribution >= 0.6 is 0 Å². The van der Waals surface area contributed by atoms with Gasteiger partial charge in [0.2, 0.25) is 5.91 Å². The Morgan fingerprint density at radius 2 is 1.88 bits per heavy atom. The Morgan fingerprint density at radius 1 is 1.24 bits per heavy atom. The topological polar surface area (TPSA) is 111 Å². The maximum atomic E-state index is 12.5. The largest absolute Gasteiger partial charge is 0.339 e. The van der Waals surface area contributed by atoms with Crippen LogP contribution in [0.2, 0.25) is 0 Å². The number of aromatic nitrogens is 3. The van der Waals surface area contributed by atoms with E-state index in [9.17, 15) is 13.2 Å². The molecule has 1 saturated heterocycles. The van der Waals surface area contributed by atoms with Crippen LogP contribution in [0.5, 0.6) is 0 Å². The summed E-state index contributed by atoms with van der Waals surface area (Å²) >= 11 is 0. The molecule has 2 aromatic rings. The summed E-state index contributed by atoms with van der Waals surface area (Å²) in [4.78, 5) is 18.5. The smallest absolute Gasteiger partial charge is 0.244 e. The van der Waals surface area contributed by atoms with E-state index in [0.29, 0.717) is 11.6 Å². The third-order valence-electron chi connectivity index (χ3n) is 4.12. The van der Waals surface area contributed by atoms with Crippen LogP contribution in [0.4, 0.5) is 0 Å². The Hall–Kier alpha value is -2.26. The molecule has 0 radical (unpaired) electrons. The van der Waals surface area contributed by atoms with E-state index in [1.165, 1.54) is 4.68 Å². The Morgan fingerprint density at radius 3 is 2.48 bits per heavy atom. The summed E-state index contributed by atoms with van der Waals surface area (Å²) in [5.74, 6) is 0.872. The summed E-state index contributed by atoms with van der Waals surface area (Å²) in [6.45, 7) is 2.22. The van der Waals surface area contributed by atoms with Gasteiger partial charge in [-0.05, 0) is 6.92 Å². The lowest BCUT2D eigenvalue weighted by atomic mass is 10.2. The number of rotatable bonds is 4. The van der Waals surface area contributed by atoms with Crippen molar-refractivity contribution in [1.29, 1.82) is 0 Å². The molecule has 0 saturated carbocycles. The van der Waals surface area contributed by atoms with Crippen LogP contribution < -0.4 is 5.73 Å². The first-order valence-electron chi connectivity index (χ1n) is 8.10. The van der Waals surface area contributed by atoms with Crippen molar-refractivity contribution in [3.8, 4) is 11.4 Å². The third kappa shape index (κ3) is 4.05. The Labute approximate surface area is 146 Å². The van der Waals surface area contributed by atoms with Crippen molar-refractivity contribution in [2.24, 2.45) is 5.73 Å². The van der Waals surface area contributed by atoms with E-state index in [0.717, 1.165) is 5.56 Å². The minimum atomic E-state index is -3.02. The predicted octanol–water partition coefficient (Wildman–Crippen LogP) is 0.222. The number of hydrogen-bond donors (Lipinski definition) is 1. The van der Waals surface area contributed by atoms with Gasteiger partial charge in [0.25, 0.3) is 0 Å². The molecule has 8 nitrogen and oxygen atoms in total. The number of carbonyl (C=O) groups is 1. The van der Waals surface area contributed by atoms with E-state index >= 15 is 0 Å². The van der Waals surface area contributed by atoms with Crippen LogP contribution in [0.15, 0.2) is 30.3 Å². The van der Waals surface area contributed by atoms with Crippen LogP contribution in [0.25, 0.3) is 11.4 Å². The van der Waals surface area contributed by atoms with E-state index in [-0.39, 0.29) is 43.1 Å². The van der Waals surface area contributed by atoms with Crippen molar-refractivity contribution in [1.82, 2.24) is 19.7 Å². The van der Waals surface area contributed by atoms with Gasteiger partial charge in [0.05, 0.1) is 17.5 Å². The van der Waals surface area contributed by atoms with Gasteiger partial charge in [-0.15, -0.1) is 0 Å². The first kappa shape index (κ1) is 17.6. The van der Waals surface area contributed by atoms with Crippen LogP contribution in [0, 0.1) is 0 Å². The molecule has 1 aromatic heterocycles. The van der Waals surface area contributed by atoms with Crippen LogP contribution in [-0.2, 0) is 21.2 Å². The Balaban J connectivity index is 1.79. The molecule has 1 aliphatic heterocycles. The van der Waals surface area contributed by atoms with Gasteiger partial charge >= 0.3 is 0 Å². The fourth-order valence-electron chi connectivity index (χ4n) is 2.71. The number of sulfone groups is 1. The lowest BCUT2D eigenvalue weighted by Crippen LogP contribution is -2.45. The highest BCUT2D eigenvalue weighted by Crippen LogP contribution is 2.18. The number of nitrogens with zero attached hydrogens (tertiary/aromatic N) is 4. The molecule has 3 rings (SSSR count). The summed E-state index contributed by atoms with van der Waals surface area (Å²) in [6.07, 6.45) is 0. The zero-order chi connectivity index (χ0) is 18.0. The maximum absolute atomic E-state index is 12.5. The van der Waals surface area contributed by atoms with Crippen LogP contribution in [0.1, 0.15) is 18.8 Å². The summed E-state index contributed by atoms with van der Waals surface area (Å²) in [5, 5.41) is 4.42. The number of benzene rings is 1. The van der Waals surface area contributed by atoms with Gasteiger partial charge in [-0.2, -0.15) is 5.10 Å².